The number of nitrogens with one attached hydrogen (secondary N) is 1. The summed E-state index contributed by atoms with van der Waals surface area (Å²) >= 11 is 1.01. The van der Waals surface area contributed by atoms with Crippen LogP contribution in [0.5, 0.6) is 5.75 Å². The van der Waals surface area contributed by atoms with Gasteiger partial charge in [0.15, 0.2) is 6.10 Å². The minimum Gasteiger partial charge on any atom is -0.489 e. The van der Waals surface area contributed by atoms with Crippen molar-refractivity contribution in [3.63, 3.8) is 0 Å². The molecule has 0 aliphatic carbocycles. The van der Waals surface area contributed by atoms with Crippen molar-refractivity contribution in [2.24, 2.45) is 0 Å². The lowest BCUT2D eigenvalue weighted by Gasteiger charge is -2.18. The number of rotatable bonds is 9. The molecule has 1 N–H and O–H groups in total. The Morgan fingerprint density at radius 1 is 1.13 bits per heavy atom. The Hall–Kier alpha value is -2.87. The van der Waals surface area contributed by atoms with Crippen LogP contribution in [-0.4, -0.2) is 34.0 Å². The predicted octanol–water partition coefficient (Wildman–Crippen LogP) is 3.61. The Morgan fingerprint density at radius 3 is 2.43 bits per heavy atom. The monoisotopic (exact) mass is 428 g/mol. The molecule has 1 saturated heterocycles. The van der Waals surface area contributed by atoms with Crippen LogP contribution in [-0.2, 0) is 27.2 Å². The molecule has 30 heavy (non-hydrogen) atoms. The fourth-order valence-electron chi connectivity index (χ4n) is 2.89. The Bertz CT molecular complexity index is 899. The van der Waals surface area contributed by atoms with Crippen molar-refractivity contribution < 1.29 is 23.9 Å². The molecule has 2 unspecified atom stereocenters. The second-order valence-corrected chi connectivity index (χ2v) is 7.99. The van der Waals surface area contributed by atoms with Gasteiger partial charge in [-0.15, -0.1) is 0 Å². The Morgan fingerprint density at radius 2 is 1.87 bits per heavy atom. The zero-order valence-electron chi connectivity index (χ0n) is 16.9. The fourth-order valence-corrected chi connectivity index (χ4v) is 3.75. The van der Waals surface area contributed by atoms with E-state index in [0.29, 0.717) is 17.9 Å². The van der Waals surface area contributed by atoms with Gasteiger partial charge in [0.2, 0.25) is 5.91 Å². The van der Waals surface area contributed by atoms with E-state index in [0.717, 1.165) is 29.3 Å². The number of aromatic nitrogens is 1. The lowest BCUT2D eigenvalue weighted by atomic mass is 10.1. The maximum atomic E-state index is 11.8. The topological polar surface area (TPSA) is 94.6 Å². The number of amides is 2. The minimum atomic E-state index is -0.604. The van der Waals surface area contributed by atoms with Crippen LogP contribution in [0.2, 0.25) is 0 Å². The standard InChI is InChI=1S/C22H24N2O5S/c1-3-14-7-10-17(23-12-14)18(29-20(25)4-2)13-28-16-8-5-15(6-9-16)11-19-21(26)24-22(27)30-19/h5-10,12,18-19H,3-4,11,13H2,1-2H3,(H,24,26,27). The maximum Gasteiger partial charge on any atom is 0.306 e. The van der Waals surface area contributed by atoms with Crippen LogP contribution in [0.15, 0.2) is 42.6 Å². The average Bonchev–Trinajstić information content (AvgIpc) is 3.08. The Kier molecular flexibility index (Phi) is 7.46. The molecular formula is C22H24N2O5S. The number of aryl methyl sites for hydroxylation is 1. The van der Waals surface area contributed by atoms with Gasteiger partial charge in [0.1, 0.15) is 12.4 Å². The molecule has 1 fully saturated rings. The van der Waals surface area contributed by atoms with Crippen LogP contribution in [0.3, 0.4) is 0 Å². The molecule has 0 bridgehead atoms. The molecule has 3 rings (SSSR count). The summed E-state index contributed by atoms with van der Waals surface area (Å²) in [5.41, 5.74) is 2.67. The summed E-state index contributed by atoms with van der Waals surface area (Å²) in [6.07, 6.45) is 2.79. The largest absolute Gasteiger partial charge is 0.489 e. The third-order valence-corrected chi connectivity index (χ3v) is 5.64. The summed E-state index contributed by atoms with van der Waals surface area (Å²) < 4.78 is 11.3. The normalized spacial score (nSPS) is 16.8. The molecule has 0 spiro atoms. The number of esters is 1. The SMILES string of the molecule is CCC(=O)OC(COc1ccc(CC2SC(=O)NC2=O)cc1)c1ccc(CC)cn1. The second kappa shape index (κ2) is 10.2. The van der Waals surface area contributed by atoms with Crippen molar-refractivity contribution >= 4 is 28.9 Å². The van der Waals surface area contributed by atoms with Gasteiger partial charge in [-0.3, -0.25) is 24.7 Å². The van der Waals surface area contributed by atoms with Crippen LogP contribution in [0.25, 0.3) is 0 Å². The van der Waals surface area contributed by atoms with Gasteiger partial charge in [-0.2, -0.15) is 0 Å². The van der Waals surface area contributed by atoms with E-state index in [9.17, 15) is 14.4 Å². The highest BCUT2D eigenvalue weighted by atomic mass is 32.2. The zero-order valence-corrected chi connectivity index (χ0v) is 17.7. The molecule has 2 amide bonds. The van der Waals surface area contributed by atoms with E-state index in [4.69, 9.17) is 9.47 Å². The molecule has 1 aromatic heterocycles. The van der Waals surface area contributed by atoms with Crippen LogP contribution >= 0.6 is 11.8 Å². The van der Waals surface area contributed by atoms with Gasteiger partial charge in [-0.05, 0) is 42.2 Å². The van der Waals surface area contributed by atoms with E-state index in [1.165, 1.54) is 0 Å². The number of hydrogen-bond acceptors (Lipinski definition) is 7. The molecule has 8 heteroatoms. The van der Waals surface area contributed by atoms with Crippen molar-refractivity contribution in [2.45, 2.75) is 44.5 Å². The van der Waals surface area contributed by atoms with E-state index in [2.05, 4.69) is 10.3 Å². The van der Waals surface area contributed by atoms with Gasteiger partial charge in [0.05, 0.1) is 10.9 Å². The molecule has 0 radical (unpaired) electrons. The molecule has 2 aromatic rings. The van der Waals surface area contributed by atoms with E-state index in [1.54, 1.807) is 25.3 Å². The van der Waals surface area contributed by atoms with Gasteiger partial charge < -0.3 is 9.47 Å². The number of carbonyl (C=O) groups is 3. The van der Waals surface area contributed by atoms with Crippen LogP contribution < -0.4 is 10.1 Å². The lowest BCUT2D eigenvalue weighted by Crippen LogP contribution is -2.25. The summed E-state index contributed by atoms with van der Waals surface area (Å²) in [5, 5.41) is 1.58. The smallest absolute Gasteiger partial charge is 0.306 e. The van der Waals surface area contributed by atoms with Crippen LogP contribution in [0.1, 0.15) is 43.2 Å². The minimum absolute atomic E-state index is 0.138. The summed E-state index contributed by atoms with van der Waals surface area (Å²) in [6.45, 7) is 3.93. The molecule has 1 aliphatic heterocycles. The molecular weight excluding hydrogens is 404 g/mol. The van der Waals surface area contributed by atoms with Crippen molar-refractivity contribution in [3.8, 4) is 5.75 Å². The average molecular weight is 429 g/mol. The van der Waals surface area contributed by atoms with E-state index in [1.807, 2.05) is 31.2 Å². The van der Waals surface area contributed by atoms with Gasteiger partial charge in [-0.25, -0.2) is 0 Å². The summed E-state index contributed by atoms with van der Waals surface area (Å²) in [6, 6.07) is 11.1. The zero-order chi connectivity index (χ0) is 21.5. The number of nitrogens with zero attached hydrogens (tertiary/aromatic N) is 1. The summed E-state index contributed by atoms with van der Waals surface area (Å²) in [4.78, 5) is 39.2. The number of imide groups is 1. The third kappa shape index (κ3) is 5.82. The molecule has 1 aliphatic rings. The van der Waals surface area contributed by atoms with Gasteiger partial charge in [-0.1, -0.05) is 43.8 Å². The Balaban J connectivity index is 1.62. The van der Waals surface area contributed by atoms with E-state index >= 15 is 0 Å². The van der Waals surface area contributed by atoms with Gasteiger partial charge in [0, 0.05) is 12.6 Å². The van der Waals surface area contributed by atoms with Gasteiger partial charge in [0.25, 0.3) is 5.24 Å². The number of thioether (sulfide) groups is 1. The first-order chi connectivity index (χ1) is 14.5. The van der Waals surface area contributed by atoms with E-state index in [-0.39, 0.29) is 30.1 Å². The van der Waals surface area contributed by atoms with Crippen molar-refractivity contribution in [1.82, 2.24) is 10.3 Å². The van der Waals surface area contributed by atoms with Crippen molar-refractivity contribution in [1.29, 1.82) is 0 Å². The third-order valence-electron chi connectivity index (χ3n) is 4.66. The number of benzene rings is 1. The van der Waals surface area contributed by atoms with Crippen LogP contribution in [0.4, 0.5) is 4.79 Å². The fraction of sp³-hybridized carbons (Fsp3) is 0.364. The quantitative estimate of drug-likeness (QED) is 0.610. The maximum absolute atomic E-state index is 11.8. The number of ether oxygens (including phenoxy) is 2. The van der Waals surface area contributed by atoms with Crippen LogP contribution in [0, 0.1) is 0 Å². The molecule has 158 valence electrons. The molecule has 7 nitrogen and oxygen atoms in total. The summed E-state index contributed by atoms with van der Waals surface area (Å²) in [7, 11) is 0. The second-order valence-electron chi connectivity index (χ2n) is 6.82. The first-order valence-electron chi connectivity index (χ1n) is 9.86. The number of pyridine rings is 1. The summed E-state index contributed by atoms with van der Waals surface area (Å²) in [5.74, 6) is 0.0378. The Labute approximate surface area is 179 Å². The predicted molar refractivity (Wildman–Crippen MR) is 113 cm³/mol. The first-order valence-corrected chi connectivity index (χ1v) is 10.7. The van der Waals surface area contributed by atoms with Crippen molar-refractivity contribution in [2.75, 3.05) is 6.61 Å². The lowest BCUT2D eigenvalue weighted by molar-refractivity contribution is -0.150. The molecule has 1 aromatic carbocycles. The van der Waals surface area contributed by atoms with E-state index < -0.39 is 11.4 Å². The molecule has 2 heterocycles. The molecule has 2 atom stereocenters. The van der Waals surface area contributed by atoms with Crippen molar-refractivity contribution in [3.05, 3.63) is 59.4 Å². The highest BCUT2D eigenvalue weighted by Crippen LogP contribution is 2.25. The highest BCUT2D eigenvalue weighted by Gasteiger charge is 2.31. The molecule has 0 saturated carbocycles. The number of carbonyl (C=O) groups excluding carboxylic acids is 3. The van der Waals surface area contributed by atoms with Gasteiger partial charge >= 0.3 is 5.97 Å². The number of hydrogen-bond donors (Lipinski definition) is 1. The highest BCUT2D eigenvalue weighted by molar-refractivity contribution is 8.15. The first kappa shape index (κ1) is 21.8.